The molecule has 0 aliphatic rings. The summed E-state index contributed by atoms with van der Waals surface area (Å²) >= 11 is 6.10. The largest absolute Gasteiger partial charge is 0.241 e. The fourth-order valence-electron chi connectivity index (χ4n) is 3.44. The summed E-state index contributed by atoms with van der Waals surface area (Å²) in [6.45, 7) is 8.08. The van der Waals surface area contributed by atoms with Gasteiger partial charge in [0, 0.05) is 5.56 Å². The van der Waals surface area contributed by atoms with Crippen molar-refractivity contribution in [1.29, 1.82) is 0 Å². The van der Waals surface area contributed by atoms with Gasteiger partial charge in [0.25, 0.3) is 0 Å². The van der Waals surface area contributed by atoms with Crippen LogP contribution in [-0.4, -0.2) is 5.71 Å². The fraction of sp³-hybridized carbons (Fsp3) is 0.160. The zero-order valence-corrected chi connectivity index (χ0v) is 16.6. The van der Waals surface area contributed by atoms with Crippen molar-refractivity contribution in [2.45, 2.75) is 26.7 Å². The van der Waals surface area contributed by atoms with Crippen LogP contribution < -0.4 is 0 Å². The van der Waals surface area contributed by atoms with Crippen LogP contribution in [0.1, 0.15) is 28.7 Å². The van der Waals surface area contributed by atoms with Crippen LogP contribution in [0.4, 0.5) is 0 Å². The molecule has 0 aliphatic heterocycles. The van der Waals surface area contributed by atoms with Crippen LogP contribution >= 0.6 is 11.6 Å². The minimum Gasteiger partial charge on any atom is -0.241 e. The summed E-state index contributed by atoms with van der Waals surface area (Å²) < 4.78 is 0. The number of halogens is 1. The number of rotatable bonds is 6. The third-order valence-corrected chi connectivity index (χ3v) is 4.88. The Labute approximate surface area is 167 Å². The molecule has 0 fully saturated rings. The quantitative estimate of drug-likeness (QED) is 0.322. The molecule has 3 aromatic rings. The van der Waals surface area contributed by atoms with E-state index in [2.05, 4.69) is 92.1 Å². The standard InChI is InChI=1S/C25H24ClN/c1-18-10-7-8-12-21(18)16-17-24(27-20(3)26)25-19(2)11-9-15-23(25)22-13-5-4-6-14-22/h4-15H,3,16-17H2,1-2H3/b27-24-. The van der Waals surface area contributed by atoms with Gasteiger partial charge in [-0.3, -0.25) is 0 Å². The van der Waals surface area contributed by atoms with E-state index in [4.69, 9.17) is 11.6 Å². The van der Waals surface area contributed by atoms with Gasteiger partial charge in [-0.2, -0.15) is 0 Å². The van der Waals surface area contributed by atoms with Gasteiger partial charge in [0.05, 0.1) is 5.71 Å². The van der Waals surface area contributed by atoms with E-state index >= 15 is 0 Å². The molecule has 136 valence electrons. The molecule has 0 radical (unpaired) electrons. The first-order valence-corrected chi connectivity index (χ1v) is 9.56. The lowest BCUT2D eigenvalue weighted by Gasteiger charge is -2.16. The van der Waals surface area contributed by atoms with E-state index in [1.165, 1.54) is 27.8 Å². The van der Waals surface area contributed by atoms with Crippen molar-refractivity contribution in [2.75, 3.05) is 0 Å². The molecular formula is C25H24ClN. The first-order chi connectivity index (χ1) is 13.1. The Balaban J connectivity index is 2.04. The third kappa shape index (κ3) is 4.75. The van der Waals surface area contributed by atoms with Gasteiger partial charge in [-0.15, -0.1) is 0 Å². The second kappa shape index (κ2) is 8.83. The van der Waals surface area contributed by atoms with Crippen LogP contribution in [0.15, 0.2) is 89.5 Å². The van der Waals surface area contributed by atoms with Gasteiger partial charge in [-0.1, -0.05) is 91.0 Å². The molecule has 0 bridgehead atoms. The van der Waals surface area contributed by atoms with Gasteiger partial charge >= 0.3 is 0 Å². The Kier molecular flexibility index (Phi) is 6.26. The lowest BCUT2D eigenvalue weighted by molar-refractivity contribution is 1.02. The predicted octanol–water partition coefficient (Wildman–Crippen LogP) is 7.10. The number of aryl methyl sites for hydroxylation is 3. The van der Waals surface area contributed by atoms with Crippen molar-refractivity contribution in [1.82, 2.24) is 0 Å². The molecule has 0 N–H and O–H groups in total. The van der Waals surface area contributed by atoms with E-state index in [1.54, 1.807) is 0 Å². The van der Waals surface area contributed by atoms with E-state index < -0.39 is 0 Å². The summed E-state index contributed by atoms with van der Waals surface area (Å²) in [7, 11) is 0. The van der Waals surface area contributed by atoms with Crippen LogP contribution in [0.3, 0.4) is 0 Å². The van der Waals surface area contributed by atoms with Crippen molar-refractivity contribution in [2.24, 2.45) is 4.99 Å². The van der Waals surface area contributed by atoms with Gasteiger partial charge in [-0.05, 0) is 54.5 Å². The smallest absolute Gasteiger partial charge is 0.122 e. The van der Waals surface area contributed by atoms with Gasteiger partial charge in [-0.25, -0.2) is 4.99 Å². The van der Waals surface area contributed by atoms with Crippen molar-refractivity contribution in [3.63, 3.8) is 0 Å². The molecule has 0 heterocycles. The highest BCUT2D eigenvalue weighted by molar-refractivity contribution is 6.30. The highest BCUT2D eigenvalue weighted by atomic mass is 35.5. The summed E-state index contributed by atoms with van der Waals surface area (Å²) in [6.07, 6.45) is 1.72. The second-order valence-electron chi connectivity index (χ2n) is 6.72. The molecule has 2 heteroatoms. The second-order valence-corrected chi connectivity index (χ2v) is 7.16. The summed E-state index contributed by atoms with van der Waals surface area (Å²) in [5.74, 6) is 0. The average Bonchev–Trinajstić information content (AvgIpc) is 2.66. The van der Waals surface area contributed by atoms with E-state index in [0.29, 0.717) is 5.16 Å². The molecular weight excluding hydrogens is 350 g/mol. The van der Waals surface area contributed by atoms with Gasteiger partial charge in [0.1, 0.15) is 5.16 Å². The Morgan fingerprint density at radius 1 is 0.852 bits per heavy atom. The maximum absolute atomic E-state index is 6.10. The van der Waals surface area contributed by atoms with Crippen LogP contribution in [0.25, 0.3) is 11.1 Å². The zero-order chi connectivity index (χ0) is 19.2. The number of benzene rings is 3. The maximum Gasteiger partial charge on any atom is 0.122 e. The molecule has 0 unspecified atom stereocenters. The molecule has 0 saturated carbocycles. The summed E-state index contributed by atoms with van der Waals surface area (Å²) in [5.41, 5.74) is 8.32. The average molecular weight is 374 g/mol. The molecule has 3 aromatic carbocycles. The molecule has 1 nitrogen and oxygen atoms in total. The van der Waals surface area contributed by atoms with Crippen LogP contribution in [0.2, 0.25) is 0 Å². The SMILES string of the molecule is C=C(Cl)/N=C(/CCc1ccccc1C)c1c(C)cccc1-c1ccccc1. The molecule has 0 saturated heterocycles. The Morgan fingerprint density at radius 2 is 1.52 bits per heavy atom. The molecule has 0 spiro atoms. The molecule has 0 aliphatic carbocycles. The topological polar surface area (TPSA) is 12.4 Å². The summed E-state index contributed by atoms with van der Waals surface area (Å²) in [4.78, 5) is 4.63. The minimum atomic E-state index is 0.317. The van der Waals surface area contributed by atoms with Crippen molar-refractivity contribution in [3.8, 4) is 11.1 Å². The normalized spacial score (nSPS) is 11.4. The van der Waals surface area contributed by atoms with E-state index in [1.807, 2.05) is 6.07 Å². The van der Waals surface area contributed by atoms with Gasteiger partial charge in [0.15, 0.2) is 0 Å². The lowest BCUT2D eigenvalue weighted by atomic mass is 9.90. The van der Waals surface area contributed by atoms with E-state index in [-0.39, 0.29) is 0 Å². The van der Waals surface area contributed by atoms with Crippen molar-refractivity contribution < 1.29 is 0 Å². The lowest BCUT2D eigenvalue weighted by Crippen LogP contribution is -2.08. The third-order valence-electron chi connectivity index (χ3n) is 4.79. The molecule has 0 aromatic heterocycles. The summed E-state index contributed by atoms with van der Waals surface area (Å²) in [6, 6.07) is 25.3. The fourth-order valence-corrected chi connectivity index (χ4v) is 3.54. The van der Waals surface area contributed by atoms with Crippen LogP contribution in [-0.2, 0) is 6.42 Å². The monoisotopic (exact) mass is 373 g/mol. The summed E-state index contributed by atoms with van der Waals surface area (Å²) in [5, 5.41) is 0.317. The first kappa shape index (κ1) is 19.1. The number of nitrogens with zero attached hydrogens (tertiary/aromatic N) is 1. The highest BCUT2D eigenvalue weighted by Crippen LogP contribution is 2.29. The number of hydrogen-bond donors (Lipinski definition) is 0. The zero-order valence-electron chi connectivity index (χ0n) is 15.9. The van der Waals surface area contributed by atoms with Gasteiger partial charge < -0.3 is 0 Å². The van der Waals surface area contributed by atoms with E-state index in [0.717, 1.165) is 24.1 Å². The highest BCUT2D eigenvalue weighted by Gasteiger charge is 2.15. The Hall–Kier alpha value is -2.64. The van der Waals surface area contributed by atoms with E-state index in [9.17, 15) is 0 Å². The molecule has 0 amide bonds. The first-order valence-electron chi connectivity index (χ1n) is 9.18. The minimum absolute atomic E-state index is 0.317. The maximum atomic E-state index is 6.10. The van der Waals surface area contributed by atoms with Crippen molar-refractivity contribution >= 4 is 17.3 Å². The number of aliphatic imine (C=N–C) groups is 1. The molecule has 3 rings (SSSR count). The van der Waals surface area contributed by atoms with Crippen LogP contribution in [0.5, 0.6) is 0 Å². The van der Waals surface area contributed by atoms with Crippen molar-refractivity contribution in [3.05, 3.63) is 107 Å². The Morgan fingerprint density at radius 3 is 2.22 bits per heavy atom. The predicted molar refractivity (Wildman–Crippen MR) is 118 cm³/mol. The molecule has 0 atom stereocenters. The Bertz CT molecular complexity index is 971. The molecule has 27 heavy (non-hydrogen) atoms. The van der Waals surface area contributed by atoms with Crippen LogP contribution in [0, 0.1) is 13.8 Å². The van der Waals surface area contributed by atoms with Gasteiger partial charge in [0.2, 0.25) is 0 Å². The number of hydrogen-bond acceptors (Lipinski definition) is 1.